The second-order valence-corrected chi connectivity index (χ2v) is 4.50. The fraction of sp³-hybridized carbons (Fsp3) is 0.182. The average molecular weight is 329 g/mol. The first kappa shape index (κ1) is 14.9. The van der Waals surface area contributed by atoms with Crippen molar-refractivity contribution in [1.82, 2.24) is 9.78 Å². The Bertz CT molecular complexity index is 655. The molecule has 0 radical (unpaired) electrons. The van der Waals surface area contributed by atoms with Gasteiger partial charge in [0, 0.05) is 0 Å². The van der Waals surface area contributed by atoms with Crippen molar-refractivity contribution in [3.63, 3.8) is 0 Å². The van der Waals surface area contributed by atoms with Crippen molar-refractivity contribution >= 4 is 23.2 Å². The van der Waals surface area contributed by atoms with E-state index >= 15 is 0 Å². The summed E-state index contributed by atoms with van der Waals surface area (Å²) in [5, 5.41) is 3.68. The lowest BCUT2D eigenvalue weighted by Gasteiger charge is -2.05. The average Bonchev–Trinajstić information content (AvgIpc) is 2.69. The van der Waals surface area contributed by atoms with E-state index in [9.17, 15) is 17.6 Å². The van der Waals surface area contributed by atoms with Gasteiger partial charge in [-0.15, -0.1) is 5.10 Å². The van der Waals surface area contributed by atoms with E-state index in [1.54, 1.807) is 0 Å². The van der Waals surface area contributed by atoms with Gasteiger partial charge in [-0.2, -0.15) is 17.6 Å². The Hall–Kier alpha value is -1.47. The molecule has 9 heteroatoms. The highest BCUT2D eigenvalue weighted by Crippen LogP contribution is 2.38. The van der Waals surface area contributed by atoms with Crippen molar-refractivity contribution in [2.45, 2.75) is 6.18 Å². The Balaban J connectivity index is 2.64. The van der Waals surface area contributed by atoms with Gasteiger partial charge in [0.15, 0.2) is 5.56 Å². The number of halogens is 6. The third-order valence-electron chi connectivity index (χ3n) is 2.42. The van der Waals surface area contributed by atoms with E-state index in [2.05, 4.69) is 9.84 Å². The molecule has 0 saturated heterocycles. The molecule has 3 nitrogen and oxygen atoms in total. The summed E-state index contributed by atoms with van der Waals surface area (Å²) in [4.78, 5) is 0. The summed E-state index contributed by atoms with van der Waals surface area (Å²) in [6.07, 6.45) is -4.93. The van der Waals surface area contributed by atoms with Crippen LogP contribution < -0.4 is 4.74 Å². The molecule has 0 aliphatic heterocycles. The lowest BCUT2D eigenvalue weighted by molar-refractivity contribution is -0.141. The highest BCUT2D eigenvalue weighted by molar-refractivity contribution is 6.42. The molecular weight excluding hydrogens is 323 g/mol. The quantitative estimate of drug-likeness (QED) is 0.766. The minimum absolute atomic E-state index is 0.00861. The molecule has 0 atom stereocenters. The van der Waals surface area contributed by atoms with Gasteiger partial charge < -0.3 is 4.74 Å². The molecule has 1 aromatic heterocycles. The zero-order valence-corrected chi connectivity index (χ0v) is 11.3. The van der Waals surface area contributed by atoms with Crippen LogP contribution in [-0.4, -0.2) is 16.9 Å². The second-order valence-electron chi connectivity index (χ2n) is 3.68. The summed E-state index contributed by atoms with van der Waals surface area (Å²) in [5.74, 6) is -2.45. The Morgan fingerprint density at radius 1 is 1.20 bits per heavy atom. The lowest BCUT2D eigenvalue weighted by Crippen LogP contribution is -2.09. The molecule has 0 spiro atoms. The van der Waals surface area contributed by atoms with Gasteiger partial charge in [0.2, 0.25) is 11.8 Å². The zero-order valence-electron chi connectivity index (χ0n) is 9.80. The molecule has 0 unspecified atom stereocenters. The van der Waals surface area contributed by atoms with Gasteiger partial charge in [-0.25, -0.2) is 4.68 Å². The van der Waals surface area contributed by atoms with Gasteiger partial charge in [-0.3, -0.25) is 0 Å². The highest BCUT2D eigenvalue weighted by atomic mass is 35.5. The molecule has 1 heterocycles. The van der Waals surface area contributed by atoms with Crippen molar-refractivity contribution < 1.29 is 22.3 Å². The molecule has 2 aromatic rings. The van der Waals surface area contributed by atoms with E-state index in [1.165, 1.54) is 18.2 Å². The number of alkyl halides is 3. The van der Waals surface area contributed by atoms with Gasteiger partial charge in [0.1, 0.15) is 0 Å². The van der Waals surface area contributed by atoms with E-state index in [-0.39, 0.29) is 15.7 Å². The monoisotopic (exact) mass is 328 g/mol. The van der Waals surface area contributed by atoms with Crippen LogP contribution in [0.1, 0.15) is 5.56 Å². The highest BCUT2D eigenvalue weighted by Gasteiger charge is 2.42. The summed E-state index contributed by atoms with van der Waals surface area (Å²) in [7, 11) is 0.968. The van der Waals surface area contributed by atoms with Gasteiger partial charge in [0.05, 0.1) is 22.8 Å². The molecule has 0 saturated carbocycles. The number of ether oxygens (including phenoxy) is 1. The van der Waals surface area contributed by atoms with Crippen LogP contribution >= 0.6 is 23.2 Å². The van der Waals surface area contributed by atoms with E-state index in [4.69, 9.17) is 23.2 Å². The molecule has 0 amide bonds. The number of hydrogen-bond acceptors (Lipinski definition) is 2. The Kier molecular flexibility index (Phi) is 3.84. The van der Waals surface area contributed by atoms with Gasteiger partial charge in [0.25, 0.3) is 0 Å². The molecule has 108 valence electrons. The van der Waals surface area contributed by atoms with Crippen LogP contribution in [0.4, 0.5) is 17.6 Å². The topological polar surface area (TPSA) is 27.1 Å². The first-order valence-electron chi connectivity index (χ1n) is 5.11. The predicted octanol–water partition coefficient (Wildman–Crippen LogP) is 4.35. The summed E-state index contributed by atoms with van der Waals surface area (Å²) >= 11 is 11.4. The van der Waals surface area contributed by atoms with E-state index in [1.807, 2.05) is 0 Å². The number of methoxy groups -OCH3 is 1. The largest absolute Gasteiger partial charge is 0.479 e. The summed E-state index contributed by atoms with van der Waals surface area (Å²) in [6.45, 7) is 0. The Morgan fingerprint density at radius 3 is 2.30 bits per heavy atom. The standard InChI is InChI=1S/C11H6Cl2F4N2O/c1-20-10-8(11(15,16)17)9(14)19(18-10)5-2-3-6(12)7(13)4-5/h2-4H,1H3. The molecule has 0 fully saturated rings. The minimum atomic E-state index is -4.93. The third kappa shape index (κ3) is 2.55. The SMILES string of the molecule is COc1nn(-c2ccc(Cl)c(Cl)c2)c(F)c1C(F)(F)F. The molecule has 0 bridgehead atoms. The Morgan fingerprint density at radius 2 is 1.85 bits per heavy atom. The normalized spacial score (nSPS) is 11.8. The number of aromatic nitrogens is 2. The van der Waals surface area contributed by atoms with Crippen LogP contribution in [0.3, 0.4) is 0 Å². The first-order chi connectivity index (χ1) is 9.25. The van der Waals surface area contributed by atoms with Crippen molar-refractivity contribution in [2.24, 2.45) is 0 Å². The number of hydrogen-bond donors (Lipinski definition) is 0. The summed E-state index contributed by atoms with van der Waals surface area (Å²) < 4.78 is 57.1. The molecule has 20 heavy (non-hydrogen) atoms. The van der Waals surface area contributed by atoms with E-state index in [0.717, 1.165) is 7.11 Å². The van der Waals surface area contributed by atoms with Crippen LogP contribution in [-0.2, 0) is 6.18 Å². The van der Waals surface area contributed by atoms with Crippen LogP contribution in [0.5, 0.6) is 5.88 Å². The minimum Gasteiger partial charge on any atom is -0.479 e. The maximum Gasteiger partial charge on any atom is 0.426 e. The smallest absolute Gasteiger partial charge is 0.426 e. The number of rotatable bonds is 2. The van der Waals surface area contributed by atoms with Crippen molar-refractivity contribution in [3.05, 3.63) is 39.8 Å². The predicted molar refractivity (Wildman–Crippen MR) is 65.1 cm³/mol. The number of nitrogens with zero attached hydrogens (tertiary/aromatic N) is 2. The maximum atomic E-state index is 13.9. The molecular formula is C11H6Cl2F4N2O. The maximum absolute atomic E-state index is 13.9. The van der Waals surface area contributed by atoms with Gasteiger partial charge in [-0.1, -0.05) is 23.2 Å². The van der Waals surface area contributed by atoms with E-state index in [0.29, 0.717) is 4.68 Å². The van der Waals surface area contributed by atoms with Crippen LogP contribution in [0.15, 0.2) is 18.2 Å². The molecule has 1 aromatic carbocycles. The molecule has 0 aliphatic rings. The van der Waals surface area contributed by atoms with Gasteiger partial charge in [-0.05, 0) is 18.2 Å². The lowest BCUT2D eigenvalue weighted by atomic mass is 10.3. The fourth-order valence-corrected chi connectivity index (χ4v) is 1.84. The second kappa shape index (κ2) is 5.14. The summed E-state index contributed by atoms with van der Waals surface area (Å²) in [5.41, 5.74) is -1.59. The van der Waals surface area contributed by atoms with E-state index < -0.39 is 23.6 Å². The number of benzene rings is 1. The van der Waals surface area contributed by atoms with Crippen molar-refractivity contribution in [2.75, 3.05) is 7.11 Å². The van der Waals surface area contributed by atoms with Crippen molar-refractivity contribution in [1.29, 1.82) is 0 Å². The van der Waals surface area contributed by atoms with Crippen molar-refractivity contribution in [3.8, 4) is 11.6 Å². The van der Waals surface area contributed by atoms with Gasteiger partial charge >= 0.3 is 6.18 Å². The van der Waals surface area contributed by atoms with Crippen LogP contribution in [0, 0.1) is 5.95 Å². The molecule has 0 aliphatic carbocycles. The molecule has 2 rings (SSSR count). The first-order valence-corrected chi connectivity index (χ1v) is 5.86. The summed E-state index contributed by atoms with van der Waals surface area (Å²) in [6, 6.07) is 3.80. The molecule has 0 N–H and O–H groups in total. The van der Waals surface area contributed by atoms with Crippen LogP contribution in [0.25, 0.3) is 5.69 Å². The third-order valence-corrected chi connectivity index (χ3v) is 3.16. The zero-order chi connectivity index (χ0) is 15.1. The Labute approximate surface area is 120 Å². The van der Waals surface area contributed by atoms with Crippen LogP contribution in [0.2, 0.25) is 10.0 Å². The fourth-order valence-electron chi connectivity index (χ4n) is 1.55.